The highest BCUT2D eigenvalue weighted by Crippen LogP contribution is 2.38. The molecule has 0 radical (unpaired) electrons. The fraction of sp³-hybridized carbons (Fsp3) is 0.517. The first kappa shape index (κ1) is 26.3. The number of fused-ring (bicyclic) bond motifs is 4. The average Bonchev–Trinajstić information content (AvgIpc) is 3.65. The Balaban J connectivity index is 1.33. The molecule has 4 fully saturated rings. The molecule has 4 aromatic rings. The van der Waals surface area contributed by atoms with Crippen LogP contribution in [0.5, 0.6) is 6.01 Å². The zero-order valence-electron chi connectivity index (χ0n) is 23.4. The van der Waals surface area contributed by atoms with Gasteiger partial charge in [0, 0.05) is 36.8 Å². The van der Waals surface area contributed by atoms with Crippen molar-refractivity contribution in [2.45, 2.75) is 49.9 Å². The second kappa shape index (κ2) is 10.1. The Hall–Kier alpha value is -3.39. The number of nitrogens with two attached hydrogens (primary N) is 1. The van der Waals surface area contributed by atoms with E-state index in [0.717, 1.165) is 56.7 Å². The maximum absolute atomic E-state index is 14.8. The molecule has 3 N–H and O–H groups in total. The number of nitrogens with zero attached hydrogens (tertiary/aromatic N) is 6. The number of piperazine rings is 1. The number of rotatable bonds is 6. The van der Waals surface area contributed by atoms with E-state index in [1.165, 1.54) is 6.07 Å². The number of ether oxygens (including phenoxy) is 2. The van der Waals surface area contributed by atoms with Crippen molar-refractivity contribution < 1.29 is 13.9 Å². The molecular formula is C29H33FN8O3S. The van der Waals surface area contributed by atoms with Crippen LogP contribution in [0, 0.1) is 5.82 Å². The van der Waals surface area contributed by atoms with Gasteiger partial charge in [0.05, 0.1) is 40.7 Å². The van der Waals surface area contributed by atoms with Gasteiger partial charge >= 0.3 is 6.01 Å². The van der Waals surface area contributed by atoms with Gasteiger partial charge in [0.15, 0.2) is 5.13 Å². The van der Waals surface area contributed by atoms with Crippen LogP contribution in [0.2, 0.25) is 0 Å². The number of nitrogen functional groups attached to an aromatic ring is 1. The molecule has 7 heterocycles. The summed E-state index contributed by atoms with van der Waals surface area (Å²) in [5, 5.41) is 4.40. The highest BCUT2D eigenvalue weighted by Gasteiger charge is 2.35. The van der Waals surface area contributed by atoms with Crippen molar-refractivity contribution in [2.24, 2.45) is 0 Å². The van der Waals surface area contributed by atoms with Gasteiger partial charge in [0.1, 0.15) is 23.6 Å². The van der Waals surface area contributed by atoms with Crippen LogP contribution < -0.4 is 26.2 Å². The van der Waals surface area contributed by atoms with E-state index in [4.69, 9.17) is 25.2 Å². The first-order valence-corrected chi connectivity index (χ1v) is 15.5. The van der Waals surface area contributed by atoms with E-state index in [9.17, 15) is 9.18 Å². The van der Waals surface area contributed by atoms with Gasteiger partial charge in [-0.25, -0.2) is 9.37 Å². The summed E-state index contributed by atoms with van der Waals surface area (Å²) in [5.41, 5.74) is 7.97. The highest BCUT2D eigenvalue weighted by atomic mass is 32.1. The standard InChI is InChI=1S/C29H33FN8O3S/c1-36-8-2-3-17(36)14-41-29-33-21-9-22(19-6-7-20(30)25-24(19)34-28(31)42-25)38(18-12-40-13-18)27(39)23(21)26(35-29)37-10-15-4-5-16(11-37)32-15/h6-7,9,15-18,32H,2-5,8,10-14H2,1H3,(H2,31,34)/t15?,16?,17-/m0/s1. The van der Waals surface area contributed by atoms with Gasteiger partial charge in [0.25, 0.3) is 5.56 Å². The molecule has 11 nitrogen and oxygen atoms in total. The fourth-order valence-corrected chi connectivity index (χ4v) is 7.71. The van der Waals surface area contributed by atoms with Crippen LogP contribution in [-0.4, -0.2) is 89.0 Å². The molecule has 0 spiro atoms. The summed E-state index contributed by atoms with van der Waals surface area (Å²) < 4.78 is 28.6. The van der Waals surface area contributed by atoms with Crippen LogP contribution in [0.3, 0.4) is 0 Å². The van der Waals surface area contributed by atoms with Gasteiger partial charge in [-0.15, -0.1) is 0 Å². The normalized spacial score (nSPS) is 24.6. The van der Waals surface area contributed by atoms with Crippen LogP contribution in [0.15, 0.2) is 23.0 Å². The van der Waals surface area contributed by atoms with Crippen LogP contribution in [-0.2, 0) is 4.74 Å². The minimum atomic E-state index is -0.393. The van der Waals surface area contributed by atoms with Gasteiger partial charge in [-0.05, 0) is 57.5 Å². The zero-order valence-corrected chi connectivity index (χ0v) is 24.2. The summed E-state index contributed by atoms with van der Waals surface area (Å²) in [6.45, 7) is 3.87. The van der Waals surface area contributed by atoms with Gasteiger partial charge < -0.3 is 30.3 Å². The van der Waals surface area contributed by atoms with Crippen molar-refractivity contribution in [3.05, 3.63) is 34.4 Å². The molecule has 0 aliphatic carbocycles. The highest BCUT2D eigenvalue weighted by molar-refractivity contribution is 7.22. The van der Waals surface area contributed by atoms with Crippen LogP contribution in [0.4, 0.5) is 15.3 Å². The van der Waals surface area contributed by atoms with Crippen LogP contribution >= 0.6 is 11.3 Å². The molecule has 3 aromatic heterocycles. The molecule has 220 valence electrons. The summed E-state index contributed by atoms with van der Waals surface area (Å²) in [6, 6.07) is 6.07. The summed E-state index contributed by atoms with van der Waals surface area (Å²) in [7, 11) is 2.11. The molecule has 0 saturated carbocycles. The van der Waals surface area contributed by atoms with E-state index in [-0.39, 0.29) is 22.7 Å². The molecule has 13 heteroatoms. The maximum Gasteiger partial charge on any atom is 0.319 e. The minimum Gasteiger partial charge on any atom is -0.462 e. The number of halogens is 1. The Morgan fingerprint density at radius 1 is 1.17 bits per heavy atom. The van der Waals surface area contributed by atoms with Crippen molar-refractivity contribution in [1.29, 1.82) is 0 Å². The summed E-state index contributed by atoms with van der Waals surface area (Å²) in [5.74, 6) is 0.219. The molecular weight excluding hydrogens is 559 g/mol. The molecule has 8 rings (SSSR count). The molecule has 4 aliphatic rings. The van der Waals surface area contributed by atoms with E-state index in [1.807, 2.05) is 6.07 Å². The first-order chi connectivity index (χ1) is 20.4. The lowest BCUT2D eigenvalue weighted by Crippen LogP contribution is -2.51. The third kappa shape index (κ3) is 4.32. The number of anilines is 2. The topological polar surface area (TPSA) is 124 Å². The third-order valence-corrected chi connectivity index (χ3v) is 10.1. The number of pyridine rings is 1. The van der Waals surface area contributed by atoms with E-state index in [1.54, 1.807) is 10.6 Å². The number of nitrogens with one attached hydrogen (secondary N) is 1. The van der Waals surface area contributed by atoms with Crippen molar-refractivity contribution in [1.82, 2.24) is 29.7 Å². The second-order valence-corrected chi connectivity index (χ2v) is 13.0. The number of hydrogen-bond acceptors (Lipinski definition) is 11. The molecule has 4 aliphatic heterocycles. The number of thiazole rings is 1. The Kier molecular flexibility index (Phi) is 6.32. The molecule has 2 unspecified atom stereocenters. The van der Waals surface area contributed by atoms with Crippen molar-refractivity contribution in [2.75, 3.05) is 57.1 Å². The van der Waals surface area contributed by atoms with Gasteiger partial charge in [-0.2, -0.15) is 9.97 Å². The van der Waals surface area contributed by atoms with Gasteiger partial charge in [0.2, 0.25) is 0 Å². The fourth-order valence-electron chi connectivity index (χ4n) is 6.95. The van der Waals surface area contributed by atoms with E-state index >= 15 is 0 Å². The molecule has 4 saturated heterocycles. The quantitative estimate of drug-likeness (QED) is 0.346. The molecule has 0 amide bonds. The second-order valence-electron chi connectivity index (χ2n) is 11.9. The smallest absolute Gasteiger partial charge is 0.319 e. The molecule has 2 bridgehead atoms. The molecule has 3 atom stereocenters. The lowest BCUT2D eigenvalue weighted by Gasteiger charge is -2.35. The average molecular weight is 593 g/mol. The van der Waals surface area contributed by atoms with Gasteiger partial charge in [-0.1, -0.05) is 11.3 Å². The predicted octanol–water partition coefficient (Wildman–Crippen LogP) is 2.77. The maximum atomic E-state index is 14.8. The van der Waals surface area contributed by atoms with Crippen molar-refractivity contribution >= 4 is 43.4 Å². The van der Waals surface area contributed by atoms with Crippen molar-refractivity contribution in [3.63, 3.8) is 0 Å². The van der Waals surface area contributed by atoms with Crippen molar-refractivity contribution in [3.8, 4) is 17.3 Å². The molecule has 42 heavy (non-hydrogen) atoms. The van der Waals surface area contributed by atoms with E-state index in [2.05, 4.69) is 27.1 Å². The number of likely N-dealkylation sites (tertiary alicyclic amines) is 1. The number of aromatic nitrogens is 4. The number of likely N-dealkylation sites (N-methyl/N-ethyl adjacent to an activating group) is 1. The Morgan fingerprint density at radius 3 is 2.69 bits per heavy atom. The lowest BCUT2D eigenvalue weighted by molar-refractivity contribution is -0.0238. The predicted molar refractivity (Wildman–Crippen MR) is 160 cm³/mol. The lowest BCUT2D eigenvalue weighted by atomic mass is 10.1. The monoisotopic (exact) mass is 592 g/mol. The van der Waals surface area contributed by atoms with E-state index in [0.29, 0.717) is 76.1 Å². The zero-order chi connectivity index (χ0) is 28.5. The Labute approximate surface area is 245 Å². The summed E-state index contributed by atoms with van der Waals surface area (Å²) in [6.07, 6.45) is 4.41. The van der Waals surface area contributed by atoms with Crippen LogP contribution in [0.1, 0.15) is 31.7 Å². The molecule has 1 aromatic carbocycles. The van der Waals surface area contributed by atoms with Crippen LogP contribution in [0.25, 0.3) is 32.4 Å². The minimum absolute atomic E-state index is 0.172. The van der Waals surface area contributed by atoms with E-state index < -0.39 is 5.82 Å². The Bertz CT molecular complexity index is 1740. The third-order valence-electron chi connectivity index (χ3n) is 9.23. The summed E-state index contributed by atoms with van der Waals surface area (Å²) in [4.78, 5) is 33.2. The largest absolute Gasteiger partial charge is 0.462 e. The SMILES string of the molecule is CN1CCC[C@H]1COc1nc(N2CC3CCC(C2)N3)c2c(=O)n(C3COC3)c(-c3ccc(F)c4sc(N)nc34)cc2n1. The number of benzene rings is 1. The van der Waals surface area contributed by atoms with Gasteiger partial charge in [-0.3, -0.25) is 9.36 Å². The summed E-state index contributed by atoms with van der Waals surface area (Å²) >= 11 is 1.10. The Morgan fingerprint density at radius 2 is 1.98 bits per heavy atom. The number of hydrogen-bond donors (Lipinski definition) is 2. The first-order valence-electron chi connectivity index (χ1n) is 14.7.